The minimum absolute atomic E-state index is 0.115. The standard InChI is InChI=1S/C13H18O/c1-5-12(14)10-7-6-8-11(9-10)13(2,3)4/h6-9H,5H2,1-4H3. The summed E-state index contributed by atoms with van der Waals surface area (Å²) in [6, 6.07) is 7.93. The summed E-state index contributed by atoms with van der Waals surface area (Å²) in [6.07, 6.45) is 0.577. The van der Waals surface area contributed by atoms with Crippen molar-refractivity contribution in [2.45, 2.75) is 39.5 Å². The van der Waals surface area contributed by atoms with E-state index in [1.165, 1.54) is 5.56 Å². The molecular formula is C13H18O. The Kier molecular flexibility index (Phi) is 3.10. The van der Waals surface area contributed by atoms with Crippen molar-refractivity contribution in [3.63, 3.8) is 0 Å². The fourth-order valence-corrected chi connectivity index (χ4v) is 1.36. The van der Waals surface area contributed by atoms with Gasteiger partial charge in [0.25, 0.3) is 0 Å². The van der Waals surface area contributed by atoms with Gasteiger partial charge in [0.15, 0.2) is 5.78 Å². The molecule has 0 saturated heterocycles. The van der Waals surface area contributed by atoms with Crippen molar-refractivity contribution in [1.29, 1.82) is 0 Å². The first-order valence-corrected chi connectivity index (χ1v) is 5.09. The molecule has 0 radical (unpaired) electrons. The third kappa shape index (κ3) is 2.44. The van der Waals surface area contributed by atoms with Crippen LogP contribution in [0.4, 0.5) is 0 Å². The van der Waals surface area contributed by atoms with Crippen LogP contribution in [0.15, 0.2) is 24.3 Å². The topological polar surface area (TPSA) is 17.1 Å². The maximum atomic E-state index is 11.5. The Balaban J connectivity index is 3.08. The fourth-order valence-electron chi connectivity index (χ4n) is 1.36. The fraction of sp³-hybridized carbons (Fsp3) is 0.462. The van der Waals surface area contributed by atoms with Crippen LogP contribution in [-0.2, 0) is 5.41 Å². The predicted molar refractivity (Wildman–Crippen MR) is 59.8 cm³/mol. The zero-order chi connectivity index (χ0) is 10.8. The van der Waals surface area contributed by atoms with Gasteiger partial charge in [-0.15, -0.1) is 0 Å². The second-order valence-electron chi connectivity index (χ2n) is 4.61. The number of rotatable bonds is 2. The maximum Gasteiger partial charge on any atom is 0.162 e. The highest BCUT2D eigenvalue weighted by molar-refractivity contribution is 5.96. The van der Waals surface area contributed by atoms with Gasteiger partial charge >= 0.3 is 0 Å². The molecule has 1 rings (SSSR count). The van der Waals surface area contributed by atoms with E-state index in [9.17, 15) is 4.79 Å². The van der Waals surface area contributed by atoms with Crippen LogP contribution in [0, 0.1) is 0 Å². The number of Topliss-reactive ketones (excluding diaryl/α,β-unsaturated/α-hetero) is 1. The largest absolute Gasteiger partial charge is 0.294 e. The molecule has 0 heterocycles. The monoisotopic (exact) mass is 190 g/mol. The van der Waals surface area contributed by atoms with Crippen LogP contribution in [0.1, 0.15) is 50.0 Å². The summed E-state index contributed by atoms with van der Waals surface area (Å²) >= 11 is 0. The number of ketones is 1. The highest BCUT2D eigenvalue weighted by atomic mass is 16.1. The molecule has 0 aromatic heterocycles. The van der Waals surface area contributed by atoms with Crippen LogP contribution in [0.5, 0.6) is 0 Å². The smallest absolute Gasteiger partial charge is 0.162 e. The summed E-state index contributed by atoms with van der Waals surface area (Å²) in [5.74, 6) is 0.219. The predicted octanol–water partition coefficient (Wildman–Crippen LogP) is 3.58. The first kappa shape index (κ1) is 11.0. The lowest BCUT2D eigenvalue weighted by Gasteiger charge is -2.19. The van der Waals surface area contributed by atoms with E-state index in [1.807, 2.05) is 25.1 Å². The summed E-state index contributed by atoms with van der Waals surface area (Å²) in [7, 11) is 0. The summed E-state index contributed by atoms with van der Waals surface area (Å²) in [5, 5.41) is 0. The molecule has 14 heavy (non-hydrogen) atoms. The normalized spacial score (nSPS) is 11.4. The van der Waals surface area contributed by atoms with Crippen molar-refractivity contribution in [3.8, 4) is 0 Å². The van der Waals surface area contributed by atoms with Gasteiger partial charge < -0.3 is 0 Å². The van der Waals surface area contributed by atoms with E-state index in [1.54, 1.807) is 0 Å². The Morgan fingerprint density at radius 1 is 1.29 bits per heavy atom. The van der Waals surface area contributed by atoms with Gasteiger partial charge in [-0.25, -0.2) is 0 Å². The van der Waals surface area contributed by atoms with Crippen LogP contribution in [0.2, 0.25) is 0 Å². The van der Waals surface area contributed by atoms with Crippen molar-refractivity contribution in [2.75, 3.05) is 0 Å². The first-order chi connectivity index (χ1) is 6.45. The van der Waals surface area contributed by atoms with Crippen molar-refractivity contribution in [1.82, 2.24) is 0 Å². The molecule has 0 atom stereocenters. The Morgan fingerprint density at radius 3 is 2.43 bits per heavy atom. The highest BCUT2D eigenvalue weighted by Gasteiger charge is 2.14. The van der Waals surface area contributed by atoms with E-state index >= 15 is 0 Å². The highest BCUT2D eigenvalue weighted by Crippen LogP contribution is 2.23. The van der Waals surface area contributed by atoms with Crippen molar-refractivity contribution >= 4 is 5.78 Å². The molecule has 1 aromatic rings. The van der Waals surface area contributed by atoms with E-state index in [0.717, 1.165) is 5.56 Å². The molecule has 0 fully saturated rings. The molecule has 1 aromatic carbocycles. The average molecular weight is 190 g/mol. The number of benzene rings is 1. The van der Waals surface area contributed by atoms with Gasteiger partial charge in [0.2, 0.25) is 0 Å². The van der Waals surface area contributed by atoms with Gasteiger partial charge in [-0.05, 0) is 17.0 Å². The average Bonchev–Trinajstić information content (AvgIpc) is 2.15. The summed E-state index contributed by atoms with van der Waals surface area (Å²) < 4.78 is 0. The molecule has 0 aliphatic carbocycles. The van der Waals surface area contributed by atoms with Gasteiger partial charge in [-0.1, -0.05) is 45.9 Å². The molecule has 0 unspecified atom stereocenters. The zero-order valence-corrected chi connectivity index (χ0v) is 9.42. The van der Waals surface area contributed by atoms with E-state index in [4.69, 9.17) is 0 Å². The lowest BCUT2D eigenvalue weighted by molar-refractivity contribution is 0.0988. The van der Waals surface area contributed by atoms with Crippen molar-refractivity contribution in [3.05, 3.63) is 35.4 Å². The maximum absolute atomic E-state index is 11.5. The third-order valence-electron chi connectivity index (χ3n) is 2.37. The molecule has 0 amide bonds. The molecule has 0 aliphatic heterocycles. The van der Waals surface area contributed by atoms with Crippen LogP contribution < -0.4 is 0 Å². The molecule has 76 valence electrons. The Morgan fingerprint density at radius 2 is 1.93 bits per heavy atom. The summed E-state index contributed by atoms with van der Waals surface area (Å²) in [6.45, 7) is 8.36. The minimum atomic E-state index is 0.115. The first-order valence-electron chi connectivity index (χ1n) is 5.09. The molecule has 1 heteroatoms. The Hall–Kier alpha value is -1.11. The van der Waals surface area contributed by atoms with Gasteiger partial charge in [0, 0.05) is 12.0 Å². The van der Waals surface area contributed by atoms with Gasteiger partial charge in [-0.2, -0.15) is 0 Å². The van der Waals surface area contributed by atoms with E-state index in [-0.39, 0.29) is 11.2 Å². The van der Waals surface area contributed by atoms with Crippen molar-refractivity contribution in [2.24, 2.45) is 0 Å². The second kappa shape index (κ2) is 3.95. The second-order valence-corrected chi connectivity index (χ2v) is 4.61. The van der Waals surface area contributed by atoms with Gasteiger partial charge in [-0.3, -0.25) is 4.79 Å². The molecule has 0 aliphatic rings. The van der Waals surface area contributed by atoms with E-state index in [0.29, 0.717) is 6.42 Å². The Labute approximate surface area is 86.1 Å². The molecule has 1 nitrogen and oxygen atoms in total. The quantitative estimate of drug-likeness (QED) is 0.651. The van der Waals surface area contributed by atoms with E-state index < -0.39 is 0 Å². The lowest BCUT2D eigenvalue weighted by Crippen LogP contribution is -2.12. The van der Waals surface area contributed by atoms with Gasteiger partial charge in [0.1, 0.15) is 0 Å². The Bertz CT molecular complexity index is 331. The number of hydrogen-bond donors (Lipinski definition) is 0. The molecule has 0 spiro atoms. The van der Waals surface area contributed by atoms with E-state index in [2.05, 4.69) is 26.8 Å². The number of hydrogen-bond acceptors (Lipinski definition) is 1. The summed E-state index contributed by atoms with van der Waals surface area (Å²) in [4.78, 5) is 11.5. The molecule has 0 saturated carbocycles. The van der Waals surface area contributed by atoms with Crippen LogP contribution >= 0.6 is 0 Å². The van der Waals surface area contributed by atoms with Crippen LogP contribution in [-0.4, -0.2) is 5.78 Å². The number of carbonyl (C=O) groups excluding carboxylic acids is 1. The number of carbonyl (C=O) groups is 1. The zero-order valence-electron chi connectivity index (χ0n) is 9.42. The molecular weight excluding hydrogens is 172 g/mol. The van der Waals surface area contributed by atoms with Gasteiger partial charge in [0.05, 0.1) is 0 Å². The van der Waals surface area contributed by atoms with Crippen molar-refractivity contribution < 1.29 is 4.79 Å². The molecule has 0 bridgehead atoms. The third-order valence-corrected chi connectivity index (χ3v) is 2.37. The minimum Gasteiger partial charge on any atom is -0.294 e. The lowest BCUT2D eigenvalue weighted by atomic mass is 9.86. The SMILES string of the molecule is CCC(=O)c1cccc(C(C)(C)C)c1. The van der Waals surface area contributed by atoms with Crippen LogP contribution in [0.25, 0.3) is 0 Å². The molecule has 0 N–H and O–H groups in total. The summed E-state index contributed by atoms with van der Waals surface area (Å²) in [5.41, 5.74) is 2.17. The van der Waals surface area contributed by atoms with Crippen LogP contribution in [0.3, 0.4) is 0 Å².